The molecule has 1 aliphatic rings. The summed E-state index contributed by atoms with van der Waals surface area (Å²) in [7, 11) is 0. The summed E-state index contributed by atoms with van der Waals surface area (Å²) in [5, 5.41) is 0. The minimum Gasteiger partial charge on any atom is -0.243 e. The van der Waals surface area contributed by atoms with Gasteiger partial charge in [-0.1, -0.05) is 36.4 Å². The van der Waals surface area contributed by atoms with Gasteiger partial charge in [-0.05, 0) is 12.0 Å². The van der Waals surface area contributed by atoms with Crippen LogP contribution in [0.4, 0.5) is 4.39 Å². The molecule has 1 fully saturated rings. The molecular weight excluding hydrogens is 163 g/mol. The van der Waals surface area contributed by atoms with Gasteiger partial charge >= 0.3 is 0 Å². The first-order valence-corrected chi connectivity index (χ1v) is 4.47. The predicted molar refractivity (Wildman–Crippen MR) is 52.1 cm³/mol. The van der Waals surface area contributed by atoms with Crippen molar-refractivity contribution in [3.8, 4) is 0 Å². The molecule has 0 nitrogen and oxygen atoms in total. The summed E-state index contributed by atoms with van der Waals surface area (Å²) in [5.41, 5.74) is -0.0357. The molecule has 2 atom stereocenters. The van der Waals surface area contributed by atoms with E-state index < -0.39 is 5.67 Å². The highest BCUT2D eigenvalue weighted by Gasteiger charge is 2.55. The van der Waals surface area contributed by atoms with Gasteiger partial charge in [-0.2, -0.15) is 0 Å². The largest absolute Gasteiger partial charge is 0.243 e. The average molecular weight is 175 g/mol. The van der Waals surface area contributed by atoms with Crippen LogP contribution < -0.4 is 0 Å². The Kier molecular flexibility index (Phi) is 1.95. The summed E-state index contributed by atoms with van der Waals surface area (Å²) in [5.74, 6) is 0.0479. The van der Waals surface area contributed by atoms with E-state index >= 15 is 0 Å². The van der Waals surface area contributed by atoms with Crippen LogP contribution in [-0.2, 0) is 0 Å². The fraction of sp³-hybridized carbons (Fsp3) is 0.250. The first-order chi connectivity index (χ1) is 6.26. The normalized spacial score (nSPS) is 31.3. The van der Waals surface area contributed by atoms with Gasteiger partial charge in [0.2, 0.25) is 0 Å². The lowest BCUT2D eigenvalue weighted by Gasteiger charge is -2.03. The molecule has 0 aliphatic heterocycles. The third-order valence-electron chi connectivity index (χ3n) is 2.53. The highest BCUT2D eigenvalue weighted by atomic mass is 19.1. The van der Waals surface area contributed by atoms with Gasteiger partial charge in [0.15, 0.2) is 0 Å². The van der Waals surface area contributed by atoms with E-state index in [1.54, 1.807) is 12.5 Å². The summed E-state index contributed by atoms with van der Waals surface area (Å²) in [4.78, 5) is 0. The van der Waals surface area contributed by atoms with Crippen molar-refractivity contribution in [2.24, 2.45) is 0 Å². The van der Waals surface area contributed by atoms with Crippen LogP contribution in [0.5, 0.6) is 0 Å². The van der Waals surface area contributed by atoms with Crippen LogP contribution in [0.15, 0.2) is 43.0 Å². The van der Waals surface area contributed by atoms with E-state index in [2.05, 4.69) is 6.58 Å². The van der Waals surface area contributed by atoms with Gasteiger partial charge in [-0.15, -0.1) is 6.58 Å². The maximum atomic E-state index is 13.7. The topological polar surface area (TPSA) is 0 Å². The number of rotatable bonds is 3. The maximum absolute atomic E-state index is 13.7. The third-order valence-corrected chi connectivity index (χ3v) is 2.53. The second-order valence-electron chi connectivity index (χ2n) is 3.50. The molecule has 1 aromatic rings. The fourth-order valence-corrected chi connectivity index (χ4v) is 1.71. The van der Waals surface area contributed by atoms with E-state index in [1.165, 1.54) is 0 Å². The maximum Gasteiger partial charge on any atom is 0.125 e. The second-order valence-corrected chi connectivity index (χ2v) is 3.50. The van der Waals surface area contributed by atoms with Gasteiger partial charge in [-0.3, -0.25) is 0 Å². The van der Waals surface area contributed by atoms with Crippen LogP contribution in [0, 0.1) is 6.42 Å². The van der Waals surface area contributed by atoms with Crippen molar-refractivity contribution in [2.75, 3.05) is 0 Å². The molecule has 1 heteroatoms. The van der Waals surface area contributed by atoms with Crippen molar-refractivity contribution >= 4 is 0 Å². The lowest BCUT2D eigenvalue weighted by atomic mass is 10.1. The summed E-state index contributed by atoms with van der Waals surface area (Å²) < 4.78 is 13.7. The van der Waals surface area contributed by atoms with Crippen LogP contribution in [-0.4, -0.2) is 5.67 Å². The second kappa shape index (κ2) is 2.99. The van der Waals surface area contributed by atoms with E-state index in [4.69, 9.17) is 0 Å². The summed E-state index contributed by atoms with van der Waals surface area (Å²) in [6, 6.07) is 9.79. The molecule has 2 unspecified atom stereocenters. The van der Waals surface area contributed by atoms with E-state index in [0.717, 1.165) is 5.56 Å². The van der Waals surface area contributed by atoms with Crippen molar-refractivity contribution in [2.45, 2.75) is 18.0 Å². The molecule has 2 rings (SSSR count). The monoisotopic (exact) mass is 175 g/mol. The van der Waals surface area contributed by atoms with Crippen LogP contribution in [0.1, 0.15) is 17.9 Å². The molecule has 1 aliphatic carbocycles. The van der Waals surface area contributed by atoms with Gasteiger partial charge in [0.1, 0.15) is 5.67 Å². The number of hydrogen-bond donors (Lipinski definition) is 0. The van der Waals surface area contributed by atoms with Crippen molar-refractivity contribution in [3.63, 3.8) is 0 Å². The molecule has 0 heterocycles. The summed E-state index contributed by atoms with van der Waals surface area (Å²) >= 11 is 0. The smallest absolute Gasteiger partial charge is 0.125 e. The minimum atomic E-state index is -1.12. The lowest BCUT2D eigenvalue weighted by Crippen LogP contribution is -2.01. The Balaban J connectivity index is 2.11. The molecule has 0 amide bonds. The quantitative estimate of drug-likeness (QED) is 0.661. The van der Waals surface area contributed by atoms with Crippen LogP contribution in [0.25, 0.3) is 0 Å². The lowest BCUT2D eigenvalue weighted by molar-refractivity contribution is 0.351. The molecule has 1 aromatic carbocycles. The molecule has 1 saturated carbocycles. The highest BCUT2D eigenvalue weighted by molar-refractivity contribution is 5.35. The zero-order chi connectivity index (χ0) is 9.31. The molecule has 0 spiro atoms. The first-order valence-electron chi connectivity index (χ1n) is 4.47. The SMILES string of the molecule is C=C[CH]C1(F)CC1c1ccccc1. The Morgan fingerprint density at radius 2 is 2.08 bits per heavy atom. The predicted octanol–water partition coefficient (Wildman–Crippen LogP) is 3.27. The van der Waals surface area contributed by atoms with E-state index in [-0.39, 0.29) is 5.92 Å². The molecule has 67 valence electrons. The number of allylic oxidation sites excluding steroid dienone is 1. The fourth-order valence-electron chi connectivity index (χ4n) is 1.71. The minimum absolute atomic E-state index is 0.0479. The molecule has 0 saturated heterocycles. The molecule has 1 radical (unpaired) electrons. The van der Waals surface area contributed by atoms with Crippen molar-refractivity contribution in [1.29, 1.82) is 0 Å². The van der Waals surface area contributed by atoms with Crippen molar-refractivity contribution in [3.05, 3.63) is 55.0 Å². The van der Waals surface area contributed by atoms with E-state index in [1.807, 2.05) is 30.3 Å². The first kappa shape index (κ1) is 8.49. The zero-order valence-electron chi connectivity index (χ0n) is 7.41. The number of hydrogen-bond acceptors (Lipinski definition) is 0. The molecule has 0 aromatic heterocycles. The standard InChI is InChI=1S/C12H12F/c1-2-8-12(13)9-11(12)10-6-4-3-5-7-10/h2-8,11H,1,9H2. The van der Waals surface area contributed by atoms with E-state index in [0.29, 0.717) is 6.42 Å². The third kappa shape index (κ3) is 1.51. The molecule has 0 bridgehead atoms. The number of benzene rings is 1. The van der Waals surface area contributed by atoms with Crippen molar-refractivity contribution < 1.29 is 4.39 Å². The van der Waals surface area contributed by atoms with Crippen LogP contribution in [0.2, 0.25) is 0 Å². The Labute approximate surface area is 78.1 Å². The van der Waals surface area contributed by atoms with Crippen LogP contribution in [0.3, 0.4) is 0 Å². The Bertz CT molecular complexity index is 304. The Morgan fingerprint density at radius 3 is 2.69 bits per heavy atom. The molecule has 13 heavy (non-hydrogen) atoms. The van der Waals surface area contributed by atoms with Gasteiger partial charge in [-0.25, -0.2) is 4.39 Å². The Hall–Kier alpha value is -1.11. The summed E-state index contributed by atoms with van der Waals surface area (Å²) in [6.07, 6.45) is 3.71. The highest BCUT2D eigenvalue weighted by Crippen LogP contribution is 2.56. The van der Waals surface area contributed by atoms with Gasteiger partial charge in [0.25, 0.3) is 0 Å². The Morgan fingerprint density at radius 1 is 1.38 bits per heavy atom. The number of alkyl halides is 1. The average Bonchev–Trinajstić information content (AvgIpc) is 2.80. The number of halogens is 1. The van der Waals surface area contributed by atoms with Gasteiger partial charge in [0, 0.05) is 12.3 Å². The van der Waals surface area contributed by atoms with E-state index in [9.17, 15) is 4.39 Å². The van der Waals surface area contributed by atoms with Crippen LogP contribution >= 0.6 is 0 Å². The zero-order valence-corrected chi connectivity index (χ0v) is 7.41. The van der Waals surface area contributed by atoms with Gasteiger partial charge < -0.3 is 0 Å². The van der Waals surface area contributed by atoms with Crippen molar-refractivity contribution in [1.82, 2.24) is 0 Å². The summed E-state index contributed by atoms with van der Waals surface area (Å²) in [6.45, 7) is 3.52. The molecule has 0 N–H and O–H groups in total. The molecular formula is C12H12F. The van der Waals surface area contributed by atoms with Gasteiger partial charge in [0.05, 0.1) is 0 Å².